The van der Waals surface area contributed by atoms with Gasteiger partial charge >= 0.3 is 0 Å². The molecule has 1 N–H and O–H groups in total. The molecule has 17 heavy (non-hydrogen) atoms. The van der Waals surface area contributed by atoms with Crippen LogP contribution in [-0.4, -0.2) is 12.6 Å². The van der Waals surface area contributed by atoms with Crippen molar-refractivity contribution in [1.29, 1.82) is 0 Å². The average molecular weight is 251 g/mol. The Morgan fingerprint density at radius 3 is 2.65 bits per heavy atom. The molecule has 0 aliphatic carbocycles. The minimum absolute atomic E-state index is 0.591. The molecule has 2 heteroatoms. The molecule has 1 rings (SSSR count). The first-order valence-electron chi connectivity index (χ1n) is 6.58. The molecule has 1 aromatic heterocycles. The summed E-state index contributed by atoms with van der Waals surface area (Å²) < 4.78 is 0. The fourth-order valence-electron chi connectivity index (χ4n) is 1.74. The third-order valence-corrected chi connectivity index (χ3v) is 3.94. The predicted molar refractivity (Wildman–Crippen MR) is 78.9 cm³/mol. The highest BCUT2D eigenvalue weighted by atomic mass is 32.1. The molecule has 0 amide bonds. The minimum Gasteiger partial charge on any atom is -0.314 e. The fraction of sp³-hybridized carbons (Fsp3) is 0.600. The molecular weight excluding hydrogens is 226 g/mol. The van der Waals surface area contributed by atoms with E-state index in [2.05, 4.69) is 51.2 Å². The third kappa shape index (κ3) is 6.04. The van der Waals surface area contributed by atoms with Crippen LogP contribution in [0.2, 0.25) is 0 Å². The van der Waals surface area contributed by atoms with Crippen LogP contribution in [0.15, 0.2) is 23.8 Å². The topological polar surface area (TPSA) is 12.0 Å². The van der Waals surface area contributed by atoms with Crippen molar-refractivity contribution in [2.75, 3.05) is 6.54 Å². The largest absolute Gasteiger partial charge is 0.314 e. The van der Waals surface area contributed by atoms with Crippen LogP contribution < -0.4 is 5.32 Å². The third-order valence-electron chi connectivity index (χ3n) is 2.71. The number of aryl methyl sites for hydroxylation is 1. The molecular formula is C15H25NS. The lowest BCUT2D eigenvalue weighted by atomic mass is 10.1. The number of hydrogen-bond donors (Lipinski definition) is 1. The SMILES string of the molecule is CCc1ccc(CC(C)=CCCNC(C)C)s1. The van der Waals surface area contributed by atoms with Gasteiger partial charge in [-0.3, -0.25) is 0 Å². The van der Waals surface area contributed by atoms with Crippen molar-refractivity contribution in [2.45, 2.75) is 53.0 Å². The molecule has 1 aromatic rings. The summed E-state index contributed by atoms with van der Waals surface area (Å²) >= 11 is 1.95. The highest BCUT2D eigenvalue weighted by Crippen LogP contribution is 2.20. The van der Waals surface area contributed by atoms with Gasteiger partial charge in [0.1, 0.15) is 0 Å². The Balaban J connectivity index is 2.32. The lowest BCUT2D eigenvalue weighted by Crippen LogP contribution is -2.23. The van der Waals surface area contributed by atoms with Crippen LogP contribution in [0.3, 0.4) is 0 Å². The lowest BCUT2D eigenvalue weighted by molar-refractivity contribution is 0.594. The monoisotopic (exact) mass is 251 g/mol. The van der Waals surface area contributed by atoms with E-state index in [0.717, 1.165) is 25.8 Å². The van der Waals surface area contributed by atoms with Gasteiger partial charge in [0.2, 0.25) is 0 Å². The van der Waals surface area contributed by atoms with Crippen molar-refractivity contribution in [3.05, 3.63) is 33.5 Å². The highest BCUT2D eigenvalue weighted by molar-refractivity contribution is 7.12. The van der Waals surface area contributed by atoms with Crippen molar-refractivity contribution >= 4 is 11.3 Å². The second kappa shape index (κ2) is 7.67. The Morgan fingerprint density at radius 2 is 2.06 bits per heavy atom. The molecule has 0 spiro atoms. The molecule has 0 aromatic carbocycles. The predicted octanol–water partition coefficient (Wildman–Crippen LogP) is 4.19. The van der Waals surface area contributed by atoms with Crippen molar-refractivity contribution in [3.63, 3.8) is 0 Å². The summed E-state index contributed by atoms with van der Waals surface area (Å²) in [6.45, 7) is 9.92. The van der Waals surface area contributed by atoms with Gasteiger partial charge in [-0.25, -0.2) is 0 Å². The molecule has 0 saturated carbocycles. The summed E-state index contributed by atoms with van der Waals surface area (Å²) in [7, 11) is 0. The first kappa shape index (κ1) is 14.5. The van der Waals surface area contributed by atoms with Crippen molar-refractivity contribution in [3.8, 4) is 0 Å². The Morgan fingerprint density at radius 1 is 1.35 bits per heavy atom. The van der Waals surface area contributed by atoms with Gasteiger partial charge in [0.15, 0.2) is 0 Å². The van der Waals surface area contributed by atoms with Crippen LogP contribution in [0, 0.1) is 0 Å². The number of hydrogen-bond acceptors (Lipinski definition) is 2. The molecule has 0 bridgehead atoms. The molecule has 0 fully saturated rings. The normalized spacial score (nSPS) is 12.4. The Hall–Kier alpha value is -0.600. The van der Waals surface area contributed by atoms with Crippen molar-refractivity contribution < 1.29 is 0 Å². The van der Waals surface area contributed by atoms with E-state index in [1.165, 1.54) is 15.3 Å². The molecule has 0 atom stereocenters. The molecule has 0 unspecified atom stereocenters. The van der Waals surface area contributed by atoms with Gasteiger partial charge in [-0.2, -0.15) is 0 Å². The van der Waals surface area contributed by atoms with Crippen LogP contribution in [0.4, 0.5) is 0 Å². The maximum Gasteiger partial charge on any atom is 0.00885 e. The highest BCUT2D eigenvalue weighted by Gasteiger charge is 1.99. The molecule has 0 aliphatic heterocycles. The first-order valence-corrected chi connectivity index (χ1v) is 7.40. The number of thiophene rings is 1. The van der Waals surface area contributed by atoms with Gasteiger partial charge in [0.25, 0.3) is 0 Å². The fourth-order valence-corrected chi connectivity index (χ4v) is 2.80. The van der Waals surface area contributed by atoms with Crippen molar-refractivity contribution in [1.82, 2.24) is 5.32 Å². The van der Waals surface area contributed by atoms with Crippen LogP contribution in [-0.2, 0) is 12.8 Å². The van der Waals surface area contributed by atoms with E-state index in [0.29, 0.717) is 6.04 Å². The summed E-state index contributed by atoms with van der Waals surface area (Å²) in [6, 6.07) is 5.12. The second-order valence-electron chi connectivity index (χ2n) is 4.85. The molecule has 0 radical (unpaired) electrons. The maximum absolute atomic E-state index is 3.44. The van der Waals surface area contributed by atoms with Gasteiger partial charge in [0, 0.05) is 22.2 Å². The lowest BCUT2D eigenvalue weighted by Gasteiger charge is -2.06. The maximum atomic E-state index is 3.44. The van der Waals surface area contributed by atoms with Gasteiger partial charge in [0.05, 0.1) is 0 Å². The number of allylic oxidation sites excluding steroid dienone is 1. The minimum atomic E-state index is 0.591. The number of rotatable bonds is 7. The summed E-state index contributed by atoms with van der Waals surface area (Å²) in [6.07, 6.45) is 5.77. The average Bonchev–Trinajstić information content (AvgIpc) is 2.72. The first-order chi connectivity index (χ1) is 8.11. The molecule has 1 heterocycles. The van der Waals surface area contributed by atoms with Gasteiger partial charge in [-0.1, -0.05) is 32.4 Å². The van der Waals surface area contributed by atoms with Crippen LogP contribution in [0.1, 0.15) is 43.9 Å². The van der Waals surface area contributed by atoms with Crippen LogP contribution in [0.25, 0.3) is 0 Å². The van der Waals surface area contributed by atoms with Gasteiger partial charge in [-0.15, -0.1) is 11.3 Å². The molecule has 0 saturated heterocycles. The Bertz CT molecular complexity index is 350. The quantitative estimate of drug-likeness (QED) is 0.566. The summed E-state index contributed by atoms with van der Waals surface area (Å²) in [4.78, 5) is 2.99. The van der Waals surface area contributed by atoms with Crippen molar-refractivity contribution in [2.24, 2.45) is 0 Å². The van der Waals surface area contributed by atoms with Gasteiger partial charge in [-0.05, 0) is 38.4 Å². The molecule has 0 aliphatic rings. The molecule has 1 nitrogen and oxygen atoms in total. The molecule has 96 valence electrons. The zero-order valence-electron chi connectivity index (χ0n) is 11.5. The standard InChI is InChI=1S/C15H25NS/c1-5-14-8-9-15(17-14)11-13(4)7-6-10-16-12(2)3/h7-9,12,16H,5-6,10-11H2,1-4H3. The van der Waals surface area contributed by atoms with E-state index in [-0.39, 0.29) is 0 Å². The Labute approximate surface area is 110 Å². The van der Waals surface area contributed by atoms with E-state index in [1.807, 2.05) is 11.3 Å². The van der Waals surface area contributed by atoms with E-state index >= 15 is 0 Å². The van der Waals surface area contributed by atoms with Crippen LogP contribution >= 0.6 is 11.3 Å². The zero-order chi connectivity index (χ0) is 12.7. The summed E-state index contributed by atoms with van der Waals surface area (Å²) in [5, 5.41) is 3.44. The van der Waals surface area contributed by atoms with Gasteiger partial charge < -0.3 is 5.32 Å². The Kier molecular flexibility index (Phi) is 6.53. The number of nitrogens with one attached hydrogen (secondary N) is 1. The van der Waals surface area contributed by atoms with E-state index in [4.69, 9.17) is 0 Å². The van der Waals surface area contributed by atoms with E-state index in [9.17, 15) is 0 Å². The zero-order valence-corrected chi connectivity index (χ0v) is 12.4. The second-order valence-corrected chi connectivity index (χ2v) is 6.10. The smallest absolute Gasteiger partial charge is 0.00885 e. The summed E-state index contributed by atoms with van der Waals surface area (Å²) in [5.41, 5.74) is 1.49. The van der Waals surface area contributed by atoms with Crippen LogP contribution in [0.5, 0.6) is 0 Å². The van der Waals surface area contributed by atoms with E-state index < -0.39 is 0 Å². The summed E-state index contributed by atoms with van der Waals surface area (Å²) in [5.74, 6) is 0. The van der Waals surface area contributed by atoms with E-state index in [1.54, 1.807) is 0 Å².